The average molecular weight is 333 g/mol. The molecule has 1 N–H and O–H groups in total. The van der Waals surface area contributed by atoms with Gasteiger partial charge in [-0.3, -0.25) is 0 Å². The zero-order valence-electron chi connectivity index (χ0n) is 9.61. The summed E-state index contributed by atoms with van der Waals surface area (Å²) in [4.78, 5) is 0. The lowest BCUT2D eigenvalue weighted by molar-refractivity contribution is 0.414. The van der Waals surface area contributed by atoms with Crippen molar-refractivity contribution in [2.75, 3.05) is 18.3 Å². The Morgan fingerprint density at radius 1 is 1.39 bits per heavy atom. The maximum Gasteiger partial charge on any atom is 0.320 e. The van der Waals surface area contributed by atoms with Gasteiger partial charge in [0.2, 0.25) is 5.89 Å². The number of hydrogen-bond acceptors (Lipinski definition) is 5. The summed E-state index contributed by atoms with van der Waals surface area (Å²) in [6.07, 6.45) is 0.554. The van der Waals surface area contributed by atoms with Crippen molar-refractivity contribution in [2.45, 2.75) is 6.42 Å². The number of alkyl halides is 1. The van der Waals surface area contributed by atoms with Crippen molar-refractivity contribution in [3.8, 4) is 5.75 Å². The molecule has 1 aromatic heterocycles. The zero-order chi connectivity index (χ0) is 13.0. The van der Waals surface area contributed by atoms with Crippen LogP contribution in [0.25, 0.3) is 0 Å². The van der Waals surface area contributed by atoms with Gasteiger partial charge in [0.15, 0.2) is 0 Å². The van der Waals surface area contributed by atoms with E-state index in [9.17, 15) is 0 Å². The molecule has 0 aliphatic carbocycles. The molecule has 0 radical (unpaired) electrons. The van der Waals surface area contributed by atoms with E-state index in [1.807, 2.05) is 18.2 Å². The fourth-order valence-electron chi connectivity index (χ4n) is 1.36. The van der Waals surface area contributed by atoms with Crippen LogP contribution in [0.4, 0.5) is 11.7 Å². The lowest BCUT2D eigenvalue weighted by Gasteiger charge is -2.05. The second-order valence-electron chi connectivity index (χ2n) is 3.44. The van der Waals surface area contributed by atoms with Crippen LogP contribution in [-0.4, -0.2) is 23.2 Å². The lowest BCUT2D eigenvalue weighted by Crippen LogP contribution is -1.92. The predicted octanol–water partition coefficient (Wildman–Crippen LogP) is 3.37. The van der Waals surface area contributed by atoms with E-state index in [1.165, 1.54) is 0 Å². The topological polar surface area (TPSA) is 60.2 Å². The summed E-state index contributed by atoms with van der Waals surface area (Å²) in [5, 5.41) is 10.7. The fourth-order valence-corrected chi connectivity index (χ4v) is 2.00. The van der Waals surface area contributed by atoms with Crippen LogP contribution < -0.4 is 10.1 Å². The number of nitrogens with zero attached hydrogens (tertiary/aromatic N) is 2. The van der Waals surface area contributed by atoms with E-state index in [0.29, 0.717) is 24.2 Å². The van der Waals surface area contributed by atoms with E-state index in [0.717, 1.165) is 15.9 Å². The highest BCUT2D eigenvalue weighted by Gasteiger charge is 2.07. The van der Waals surface area contributed by atoms with Crippen LogP contribution in [-0.2, 0) is 6.42 Å². The Labute approximate surface area is 118 Å². The number of aryl methyl sites for hydroxylation is 1. The molecular weight excluding hydrogens is 321 g/mol. The number of benzene rings is 1. The van der Waals surface area contributed by atoms with E-state index in [-0.39, 0.29) is 0 Å². The van der Waals surface area contributed by atoms with Crippen LogP contribution in [0.5, 0.6) is 5.75 Å². The van der Waals surface area contributed by atoms with E-state index in [1.54, 1.807) is 7.11 Å². The molecule has 0 spiro atoms. The molecule has 1 heterocycles. The minimum absolute atomic E-state index is 0.329. The molecule has 0 atom stereocenters. The van der Waals surface area contributed by atoms with Crippen LogP contribution in [0.2, 0.25) is 0 Å². The molecule has 0 fully saturated rings. The van der Waals surface area contributed by atoms with Crippen LogP contribution in [0, 0.1) is 0 Å². The van der Waals surface area contributed by atoms with Crippen molar-refractivity contribution < 1.29 is 9.15 Å². The summed E-state index contributed by atoms with van der Waals surface area (Å²) in [7, 11) is 1.61. The number of aromatic nitrogens is 2. The number of nitrogens with one attached hydrogen (secondary N) is 1. The molecule has 0 saturated heterocycles. The van der Waals surface area contributed by atoms with Gasteiger partial charge in [0.25, 0.3) is 0 Å². The Morgan fingerprint density at radius 3 is 2.94 bits per heavy atom. The minimum Gasteiger partial charge on any atom is -0.497 e. The second kappa shape index (κ2) is 6.06. The Kier molecular flexibility index (Phi) is 4.43. The quantitative estimate of drug-likeness (QED) is 0.851. The second-order valence-corrected chi connectivity index (χ2v) is 4.74. The van der Waals surface area contributed by atoms with Gasteiger partial charge in [0, 0.05) is 28.5 Å². The van der Waals surface area contributed by atoms with E-state index in [4.69, 9.17) is 20.8 Å². The molecule has 0 amide bonds. The lowest BCUT2D eigenvalue weighted by atomic mass is 10.3. The Hall–Kier alpha value is -1.27. The fraction of sp³-hybridized carbons (Fsp3) is 0.273. The highest BCUT2D eigenvalue weighted by molar-refractivity contribution is 9.10. The van der Waals surface area contributed by atoms with Gasteiger partial charge < -0.3 is 14.5 Å². The SMILES string of the molecule is COc1cc(Br)cc(Nc2nnc(CCCl)o2)c1. The molecule has 96 valence electrons. The normalized spacial score (nSPS) is 10.4. The first-order chi connectivity index (χ1) is 8.71. The summed E-state index contributed by atoms with van der Waals surface area (Å²) in [6.45, 7) is 0. The molecule has 0 aliphatic rings. The molecule has 18 heavy (non-hydrogen) atoms. The summed E-state index contributed by atoms with van der Waals surface area (Å²) >= 11 is 8.99. The summed E-state index contributed by atoms with van der Waals surface area (Å²) < 4.78 is 11.4. The number of halogens is 2. The first kappa shape index (κ1) is 13.2. The maximum atomic E-state index is 5.59. The Morgan fingerprint density at radius 2 is 2.22 bits per heavy atom. The first-order valence-electron chi connectivity index (χ1n) is 5.21. The minimum atomic E-state index is 0.329. The standard InChI is InChI=1S/C11H11BrClN3O2/c1-17-9-5-7(12)4-8(6-9)14-11-16-15-10(18-11)2-3-13/h4-6H,2-3H2,1H3,(H,14,16). The summed E-state index contributed by atoms with van der Waals surface area (Å²) in [6, 6.07) is 5.90. The van der Waals surface area contributed by atoms with Gasteiger partial charge >= 0.3 is 6.01 Å². The van der Waals surface area contributed by atoms with E-state index >= 15 is 0 Å². The van der Waals surface area contributed by atoms with Crippen LogP contribution in [0.1, 0.15) is 5.89 Å². The molecule has 1 aromatic carbocycles. The van der Waals surface area contributed by atoms with Gasteiger partial charge in [-0.1, -0.05) is 21.0 Å². The number of hydrogen-bond donors (Lipinski definition) is 1. The predicted molar refractivity (Wildman–Crippen MR) is 72.7 cm³/mol. The van der Waals surface area contributed by atoms with E-state index < -0.39 is 0 Å². The van der Waals surface area contributed by atoms with Gasteiger partial charge in [0.1, 0.15) is 5.75 Å². The number of anilines is 2. The van der Waals surface area contributed by atoms with Crippen LogP contribution in [0.15, 0.2) is 27.1 Å². The van der Waals surface area contributed by atoms with Gasteiger partial charge in [-0.15, -0.1) is 16.7 Å². The average Bonchev–Trinajstić information content (AvgIpc) is 2.76. The molecule has 0 unspecified atom stereocenters. The Bertz CT molecular complexity index is 533. The third-order valence-corrected chi connectivity index (χ3v) is 2.78. The zero-order valence-corrected chi connectivity index (χ0v) is 12.0. The van der Waals surface area contributed by atoms with Crippen LogP contribution >= 0.6 is 27.5 Å². The molecule has 2 aromatic rings. The van der Waals surface area contributed by atoms with Gasteiger partial charge in [-0.2, -0.15) is 0 Å². The largest absolute Gasteiger partial charge is 0.497 e. The third kappa shape index (κ3) is 3.36. The smallest absolute Gasteiger partial charge is 0.320 e. The molecule has 5 nitrogen and oxygen atoms in total. The molecule has 2 rings (SSSR count). The van der Waals surface area contributed by atoms with Gasteiger partial charge in [-0.25, -0.2) is 0 Å². The molecule has 0 bridgehead atoms. The van der Waals surface area contributed by atoms with Crippen molar-refractivity contribution in [1.82, 2.24) is 10.2 Å². The van der Waals surface area contributed by atoms with Gasteiger partial charge in [-0.05, 0) is 12.1 Å². The summed E-state index contributed by atoms with van der Waals surface area (Å²) in [5.74, 6) is 1.69. The highest BCUT2D eigenvalue weighted by atomic mass is 79.9. The first-order valence-corrected chi connectivity index (χ1v) is 6.54. The van der Waals surface area contributed by atoms with Crippen molar-refractivity contribution in [3.05, 3.63) is 28.6 Å². The summed E-state index contributed by atoms with van der Waals surface area (Å²) in [5.41, 5.74) is 0.794. The number of methoxy groups -OCH3 is 1. The van der Waals surface area contributed by atoms with E-state index in [2.05, 4.69) is 31.4 Å². The molecule has 0 saturated carbocycles. The highest BCUT2D eigenvalue weighted by Crippen LogP contribution is 2.26. The maximum absolute atomic E-state index is 5.59. The Balaban J connectivity index is 2.14. The van der Waals surface area contributed by atoms with Gasteiger partial charge in [0.05, 0.1) is 7.11 Å². The van der Waals surface area contributed by atoms with Crippen molar-refractivity contribution >= 4 is 39.2 Å². The monoisotopic (exact) mass is 331 g/mol. The number of ether oxygens (including phenoxy) is 1. The third-order valence-electron chi connectivity index (χ3n) is 2.13. The van der Waals surface area contributed by atoms with Crippen molar-refractivity contribution in [2.24, 2.45) is 0 Å². The van der Waals surface area contributed by atoms with Crippen LogP contribution in [0.3, 0.4) is 0 Å². The molecule has 7 heteroatoms. The number of rotatable bonds is 5. The molecule has 0 aliphatic heterocycles. The van der Waals surface area contributed by atoms with Crippen molar-refractivity contribution in [1.29, 1.82) is 0 Å². The molecular formula is C11H11BrClN3O2. The van der Waals surface area contributed by atoms with Crippen molar-refractivity contribution in [3.63, 3.8) is 0 Å².